The summed E-state index contributed by atoms with van der Waals surface area (Å²) in [5.74, 6) is 1.49. The molecule has 0 spiro atoms. The summed E-state index contributed by atoms with van der Waals surface area (Å²) >= 11 is 0. The third kappa shape index (κ3) is 3.29. The van der Waals surface area contributed by atoms with Gasteiger partial charge in [-0.1, -0.05) is 0 Å². The minimum atomic E-state index is -0.313. The first-order valence-corrected chi connectivity index (χ1v) is 6.89. The van der Waals surface area contributed by atoms with Crippen molar-refractivity contribution in [2.24, 2.45) is 5.92 Å². The van der Waals surface area contributed by atoms with Crippen LogP contribution < -0.4 is 0 Å². The van der Waals surface area contributed by atoms with Gasteiger partial charge in [0, 0.05) is 19.6 Å². The molecule has 18 heavy (non-hydrogen) atoms. The molecule has 0 radical (unpaired) electrons. The Morgan fingerprint density at radius 2 is 2.28 bits per heavy atom. The number of ether oxygens (including phenoxy) is 1. The second kappa shape index (κ2) is 6.29. The third-order valence-electron chi connectivity index (χ3n) is 3.61. The average molecular weight is 253 g/mol. The van der Waals surface area contributed by atoms with Crippen LogP contribution in [-0.4, -0.2) is 38.7 Å². The second-order valence-corrected chi connectivity index (χ2v) is 5.00. The molecule has 2 rings (SSSR count). The molecule has 1 aromatic rings. The maximum absolute atomic E-state index is 10.1. The molecular weight excluding hydrogens is 230 g/mol. The molecule has 0 amide bonds. The Morgan fingerprint density at radius 1 is 1.50 bits per heavy atom. The Bertz CT molecular complexity index is 361. The molecule has 0 saturated heterocycles. The lowest BCUT2D eigenvalue weighted by Gasteiger charge is -2.36. The zero-order valence-corrected chi connectivity index (χ0v) is 11.2. The van der Waals surface area contributed by atoms with Gasteiger partial charge in [-0.15, -0.1) is 0 Å². The molecular formula is C13H23N3O2. The molecule has 5 heteroatoms. The fraction of sp³-hybridized carbons (Fsp3) is 0.846. The van der Waals surface area contributed by atoms with Crippen LogP contribution in [0, 0.1) is 5.92 Å². The van der Waals surface area contributed by atoms with E-state index in [-0.39, 0.29) is 6.10 Å². The number of rotatable bonds is 7. The first kappa shape index (κ1) is 13.5. The smallest absolute Gasteiger partial charge is 0.138 e. The van der Waals surface area contributed by atoms with Crippen LogP contribution in [-0.2, 0) is 17.7 Å². The van der Waals surface area contributed by atoms with Crippen LogP contribution >= 0.6 is 0 Å². The number of hydrogen-bond acceptors (Lipinski definition) is 4. The van der Waals surface area contributed by atoms with Crippen LogP contribution in [0.2, 0.25) is 0 Å². The maximum Gasteiger partial charge on any atom is 0.138 e. The van der Waals surface area contributed by atoms with Crippen molar-refractivity contribution in [2.45, 2.75) is 58.3 Å². The Morgan fingerprint density at radius 3 is 2.94 bits per heavy atom. The van der Waals surface area contributed by atoms with E-state index in [1.54, 1.807) is 6.33 Å². The van der Waals surface area contributed by atoms with E-state index in [1.807, 2.05) is 18.5 Å². The van der Waals surface area contributed by atoms with E-state index in [0.717, 1.165) is 38.2 Å². The number of hydrogen-bond donors (Lipinski definition) is 1. The van der Waals surface area contributed by atoms with Gasteiger partial charge in [-0.05, 0) is 39.0 Å². The van der Waals surface area contributed by atoms with Gasteiger partial charge in [-0.25, -0.2) is 4.98 Å². The summed E-state index contributed by atoms with van der Waals surface area (Å²) in [5.41, 5.74) is 0. The molecule has 1 unspecified atom stereocenters. The topological polar surface area (TPSA) is 60.2 Å². The molecule has 1 atom stereocenters. The van der Waals surface area contributed by atoms with E-state index in [0.29, 0.717) is 18.4 Å². The van der Waals surface area contributed by atoms with Crippen molar-refractivity contribution < 1.29 is 9.84 Å². The summed E-state index contributed by atoms with van der Waals surface area (Å²) in [6.45, 7) is 5.65. The van der Waals surface area contributed by atoms with Gasteiger partial charge in [-0.2, -0.15) is 5.10 Å². The highest BCUT2D eigenvalue weighted by Crippen LogP contribution is 2.33. The van der Waals surface area contributed by atoms with Crippen molar-refractivity contribution in [3.8, 4) is 0 Å². The predicted octanol–water partition coefficient (Wildman–Crippen LogP) is 1.41. The molecule has 1 heterocycles. The van der Waals surface area contributed by atoms with Crippen LogP contribution in [0.3, 0.4) is 0 Å². The van der Waals surface area contributed by atoms with E-state index in [9.17, 15) is 5.11 Å². The molecule has 1 fully saturated rings. The van der Waals surface area contributed by atoms with E-state index in [2.05, 4.69) is 10.1 Å². The van der Waals surface area contributed by atoms with Crippen LogP contribution in [0.5, 0.6) is 0 Å². The van der Waals surface area contributed by atoms with Crippen LogP contribution in [0.4, 0.5) is 0 Å². The van der Waals surface area contributed by atoms with Gasteiger partial charge in [0.05, 0.1) is 12.2 Å². The van der Waals surface area contributed by atoms with E-state index >= 15 is 0 Å². The van der Waals surface area contributed by atoms with Crippen molar-refractivity contribution in [2.75, 3.05) is 6.61 Å². The van der Waals surface area contributed by atoms with Gasteiger partial charge in [0.15, 0.2) is 0 Å². The second-order valence-electron chi connectivity index (χ2n) is 5.00. The first-order chi connectivity index (χ1) is 8.72. The van der Waals surface area contributed by atoms with Crippen LogP contribution in [0.25, 0.3) is 0 Å². The highest BCUT2D eigenvalue weighted by molar-refractivity contribution is 4.90. The molecule has 5 nitrogen and oxygen atoms in total. The summed E-state index contributed by atoms with van der Waals surface area (Å²) in [6.07, 6.45) is 5.29. The maximum atomic E-state index is 10.1. The molecule has 1 aliphatic rings. The zero-order chi connectivity index (χ0) is 13.0. The number of aliphatic hydroxyl groups excluding tert-OH is 1. The molecule has 1 aromatic heterocycles. The monoisotopic (exact) mass is 253 g/mol. The Labute approximate surface area is 108 Å². The van der Waals surface area contributed by atoms with E-state index in [1.165, 1.54) is 0 Å². The summed E-state index contributed by atoms with van der Waals surface area (Å²) in [5, 5.41) is 14.2. The number of aryl methyl sites for hydroxylation is 1. The highest BCUT2D eigenvalue weighted by Gasteiger charge is 2.31. The molecule has 1 saturated carbocycles. The molecule has 0 bridgehead atoms. The summed E-state index contributed by atoms with van der Waals surface area (Å²) in [6, 6.07) is 0. The van der Waals surface area contributed by atoms with Crippen molar-refractivity contribution in [3.05, 3.63) is 12.2 Å². The number of aromatic nitrogens is 3. The van der Waals surface area contributed by atoms with Gasteiger partial charge in [0.2, 0.25) is 0 Å². The Hall–Kier alpha value is -0.940. The Balaban J connectivity index is 1.71. The number of nitrogens with zero attached hydrogens (tertiary/aromatic N) is 3. The quantitative estimate of drug-likeness (QED) is 0.798. The summed E-state index contributed by atoms with van der Waals surface area (Å²) in [4.78, 5) is 4.19. The van der Waals surface area contributed by atoms with Crippen molar-refractivity contribution in [3.63, 3.8) is 0 Å². The lowest BCUT2D eigenvalue weighted by Crippen LogP contribution is -2.34. The van der Waals surface area contributed by atoms with Gasteiger partial charge < -0.3 is 9.84 Å². The van der Waals surface area contributed by atoms with Crippen LogP contribution in [0.1, 0.15) is 38.9 Å². The molecule has 0 aromatic carbocycles. The largest absolute Gasteiger partial charge is 0.393 e. The van der Waals surface area contributed by atoms with E-state index < -0.39 is 0 Å². The molecule has 102 valence electrons. The normalized spacial score (nSPS) is 24.8. The summed E-state index contributed by atoms with van der Waals surface area (Å²) in [7, 11) is 0. The van der Waals surface area contributed by atoms with Crippen LogP contribution in [0.15, 0.2) is 6.33 Å². The van der Waals surface area contributed by atoms with Gasteiger partial charge in [-0.3, -0.25) is 4.68 Å². The third-order valence-corrected chi connectivity index (χ3v) is 3.61. The van der Waals surface area contributed by atoms with Gasteiger partial charge in [0.25, 0.3) is 0 Å². The SMILES string of the molecule is CCOC1CC(CC(O)Cc2ncnn2CC)C1. The molecule has 0 aliphatic heterocycles. The molecule has 1 aliphatic carbocycles. The standard InChI is InChI=1S/C13H23N3O2/c1-3-16-13(14-9-15-16)8-11(17)5-10-6-12(7-10)18-4-2/h9-12,17H,3-8H2,1-2H3. The Kier molecular flexibility index (Phi) is 4.72. The predicted molar refractivity (Wildman–Crippen MR) is 68.2 cm³/mol. The van der Waals surface area contributed by atoms with E-state index in [4.69, 9.17) is 4.74 Å². The first-order valence-electron chi connectivity index (χ1n) is 6.89. The number of aliphatic hydroxyl groups is 1. The van der Waals surface area contributed by atoms with Crippen molar-refractivity contribution >= 4 is 0 Å². The van der Waals surface area contributed by atoms with Crippen molar-refractivity contribution in [1.82, 2.24) is 14.8 Å². The van der Waals surface area contributed by atoms with Gasteiger partial charge in [0.1, 0.15) is 12.2 Å². The van der Waals surface area contributed by atoms with Gasteiger partial charge >= 0.3 is 0 Å². The summed E-state index contributed by atoms with van der Waals surface area (Å²) < 4.78 is 7.36. The minimum Gasteiger partial charge on any atom is -0.393 e. The fourth-order valence-electron chi connectivity index (χ4n) is 2.63. The zero-order valence-electron chi connectivity index (χ0n) is 11.2. The lowest BCUT2D eigenvalue weighted by atomic mass is 9.78. The lowest BCUT2D eigenvalue weighted by molar-refractivity contribution is -0.0377. The van der Waals surface area contributed by atoms with Crippen molar-refractivity contribution in [1.29, 1.82) is 0 Å². The minimum absolute atomic E-state index is 0.313. The molecule has 1 N–H and O–H groups in total. The average Bonchev–Trinajstić information content (AvgIpc) is 2.73. The highest BCUT2D eigenvalue weighted by atomic mass is 16.5. The fourth-order valence-corrected chi connectivity index (χ4v) is 2.63.